The summed E-state index contributed by atoms with van der Waals surface area (Å²) in [6.45, 7) is 6.48. The molecule has 0 aliphatic rings. The van der Waals surface area contributed by atoms with E-state index in [-0.39, 0.29) is 31.1 Å². The Labute approximate surface area is 426 Å². The third-order valence-electron chi connectivity index (χ3n) is 12.4. The van der Waals surface area contributed by atoms with Gasteiger partial charge in [-0.15, -0.1) is 0 Å². The Hall–Kier alpha value is -3.41. The molecule has 1 atom stereocenters. The molecule has 1 unspecified atom stereocenters. The summed E-state index contributed by atoms with van der Waals surface area (Å²) >= 11 is 0. The molecule has 0 N–H and O–H groups in total. The summed E-state index contributed by atoms with van der Waals surface area (Å²) in [5.74, 6) is -0.915. The highest BCUT2D eigenvalue weighted by molar-refractivity contribution is 5.71. The third-order valence-corrected chi connectivity index (χ3v) is 12.4. The van der Waals surface area contributed by atoms with Gasteiger partial charge in [-0.2, -0.15) is 0 Å². The van der Waals surface area contributed by atoms with Gasteiger partial charge in [-0.1, -0.05) is 228 Å². The molecule has 0 aliphatic carbocycles. The number of unbranched alkanes of at least 4 members (excludes halogenated alkanes) is 27. The number of hydrogen-bond acceptors (Lipinski definition) is 6. The van der Waals surface area contributed by atoms with Crippen LogP contribution in [0.4, 0.5) is 0 Å². The van der Waals surface area contributed by atoms with E-state index >= 15 is 0 Å². The molecule has 69 heavy (non-hydrogen) atoms. The van der Waals surface area contributed by atoms with E-state index in [1.54, 1.807) is 0 Å². The fourth-order valence-corrected chi connectivity index (χ4v) is 7.99. The Balaban J connectivity index is 4.43. The van der Waals surface area contributed by atoms with Crippen molar-refractivity contribution in [2.45, 2.75) is 284 Å². The van der Waals surface area contributed by atoms with Crippen molar-refractivity contribution < 1.29 is 28.6 Å². The molecule has 0 aromatic rings. The van der Waals surface area contributed by atoms with E-state index in [2.05, 4.69) is 106 Å². The SMILES string of the molecule is CC/C=C\C/C=C\C/C=C\C/C=C\CCCCCCCCC(=O)OCC(COC(=O)CCCCCCC/C=C\C/C=C\CCCCC)OC(=O)CCCCCCCCC/C=C\CCCCCCCC. The predicted molar refractivity (Wildman–Crippen MR) is 297 cm³/mol. The molecule has 0 rings (SSSR count). The Kier molecular flexibility index (Phi) is 54.3. The van der Waals surface area contributed by atoms with Gasteiger partial charge in [-0.3, -0.25) is 14.4 Å². The number of carbonyl (C=O) groups excluding carboxylic acids is 3. The summed E-state index contributed by atoms with van der Waals surface area (Å²) in [6, 6.07) is 0. The first-order valence-electron chi connectivity index (χ1n) is 29.1. The lowest BCUT2D eigenvalue weighted by atomic mass is 10.1. The lowest BCUT2D eigenvalue weighted by Gasteiger charge is -2.18. The highest BCUT2D eigenvalue weighted by Gasteiger charge is 2.19. The van der Waals surface area contributed by atoms with Gasteiger partial charge in [0.2, 0.25) is 0 Å². The second kappa shape index (κ2) is 57.2. The number of esters is 3. The minimum Gasteiger partial charge on any atom is -0.462 e. The van der Waals surface area contributed by atoms with Crippen LogP contribution in [-0.4, -0.2) is 37.2 Å². The standard InChI is InChI=1S/C63H108O6/c1-4-7-10-13-16-19-22-25-28-30-31-33-35-38-41-44-47-50-53-56-62(65)68-59-60(58-67-61(64)55-52-49-46-43-40-37-34-27-24-21-18-15-12-9-6-3)69-63(66)57-54-51-48-45-42-39-36-32-29-26-23-20-17-14-11-8-5-2/h7,10,16,18-19,21,25-29,31,33-34,60H,4-6,8-9,11-15,17,20,22-24,30,32,35-59H2,1-3H3/b10-7-,19-16-,21-18-,28-25-,29-26-,33-31-,34-27-. The maximum Gasteiger partial charge on any atom is 0.306 e. The summed E-state index contributed by atoms with van der Waals surface area (Å²) in [7, 11) is 0. The van der Waals surface area contributed by atoms with Gasteiger partial charge in [0.15, 0.2) is 6.10 Å². The number of carbonyl (C=O) groups is 3. The zero-order valence-electron chi connectivity index (χ0n) is 45.3. The first kappa shape index (κ1) is 65.6. The zero-order chi connectivity index (χ0) is 50.0. The molecule has 0 saturated heterocycles. The van der Waals surface area contributed by atoms with E-state index in [1.807, 2.05) is 0 Å². The van der Waals surface area contributed by atoms with Crippen LogP contribution in [0.5, 0.6) is 0 Å². The van der Waals surface area contributed by atoms with E-state index in [1.165, 1.54) is 122 Å². The fourth-order valence-electron chi connectivity index (χ4n) is 7.99. The van der Waals surface area contributed by atoms with Crippen molar-refractivity contribution >= 4 is 17.9 Å². The van der Waals surface area contributed by atoms with Crippen LogP contribution in [-0.2, 0) is 28.6 Å². The molecule has 0 bridgehead atoms. The average molecular weight is 962 g/mol. The van der Waals surface area contributed by atoms with Crippen molar-refractivity contribution in [1.82, 2.24) is 0 Å². The van der Waals surface area contributed by atoms with E-state index in [9.17, 15) is 14.4 Å². The summed E-state index contributed by atoms with van der Waals surface area (Å²) in [4.78, 5) is 38.2. The van der Waals surface area contributed by atoms with Crippen LogP contribution in [0.2, 0.25) is 0 Å². The van der Waals surface area contributed by atoms with Gasteiger partial charge in [-0.05, 0) is 116 Å². The third kappa shape index (κ3) is 55.4. The van der Waals surface area contributed by atoms with E-state index in [0.717, 1.165) is 116 Å². The minimum absolute atomic E-state index is 0.0900. The minimum atomic E-state index is -0.792. The molecular weight excluding hydrogens is 853 g/mol. The molecule has 0 spiro atoms. The van der Waals surface area contributed by atoms with Crippen LogP contribution in [0, 0.1) is 0 Å². The molecule has 0 radical (unpaired) electrons. The van der Waals surface area contributed by atoms with Crippen molar-refractivity contribution in [2.24, 2.45) is 0 Å². The van der Waals surface area contributed by atoms with Gasteiger partial charge < -0.3 is 14.2 Å². The van der Waals surface area contributed by atoms with Gasteiger partial charge in [-0.25, -0.2) is 0 Å². The molecule has 396 valence electrons. The lowest BCUT2D eigenvalue weighted by molar-refractivity contribution is -0.167. The van der Waals surface area contributed by atoms with Crippen LogP contribution in [0.25, 0.3) is 0 Å². The largest absolute Gasteiger partial charge is 0.462 e. The monoisotopic (exact) mass is 961 g/mol. The smallest absolute Gasteiger partial charge is 0.306 e. The highest BCUT2D eigenvalue weighted by atomic mass is 16.6. The first-order valence-corrected chi connectivity index (χ1v) is 29.1. The molecule has 0 aromatic heterocycles. The fraction of sp³-hybridized carbons (Fsp3) is 0.730. The van der Waals surface area contributed by atoms with Crippen LogP contribution in [0.15, 0.2) is 85.1 Å². The maximum absolute atomic E-state index is 12.9. The topological polar surface area (TPSA) is 78.9 Å². The second-order valence-corrected chi connectivity index (χ2v) is 19.2. The van der Waals surface area contributed by atoms with E-state index in [4.69, 9.17) is 14.2 Å². The predicted octanol–water partition coefficient (Wildman–Crippen LogP) is 19.5. The van der Waals surface area contributed by atoms with Crippen LogP contribution in [0.1, 0.15) is 278 Å². The molecule has 6 heteroatoms. The van der Waals surface area contributed by atoms with Crippen molar-refractivity contribution in [3.8, 4) is 0 Å². The van der Waals surface area contributed by atoms with Gasteiger partial charge in [0.05, 0.1) is 0 Å². The molecule has 0 aromatic carbocycles. The number of rotatable bonds is 52. The normalized spacial score (nSPS) is 12.7. The quantitative estimate of drug-likeness (QED) is 0.0262. The van der Waals surface area contributed by atoms with Crippen molar-refractivity contribution in [3.63, 3.8) is 0 Å². The molecule has 6 nitrogen and oxygen atoms in total. The molecule has 0 amide bonds. The zero-order valence-corrected chi connectivity index (χ0v) is 45.3. The Morgan fingerprint density at radius 2 is 0.565 bits per heavy atom. The van der Waals surface area contributed by atoms with Crippen LogP contribution < -0.4 is 0 Å². The summed E-state index contributed by atoms with van der Waals surface area (Å²) in [5, 5.41) is 0. The van der Waals surface area contributed by atoms with Gasteiger partial charge in [0, 0.05) is 19.3 Å². The average Bonchev–Trinajstić information content (AvgIpc) is 3.35. The number of allylic oxidation sites excluding steroid dienone is 14. The van der Waals surface area contributed by atoms with Crippen molar-refractivity contribution in [2.75, 3.05) is 13.2 Å². The van der Waals surface area contributed by atoms with Crippen LogP contribution >= 0.6 is 0 Å². The highest BCUT2D eigenvalue weighted by Crippen LogP contribution is 2.15. The first-order chi connectivity index (χ1) is 34.0. The Morgan fingerprint density at radius 3 is 0.928 bits per heavy atom. The Bertz CT molecular complexity index is 1330. The number of ether oxygens (including phenoxy) is 3. The molecular formula is C63H108O6. The molecule has 0 aliphatic heterocycles. The lowest BCUT2D eigenvalue weighted by Crippen LogP contribution is -2.30. The van der Waals surface area contributed by atoms with E-state index in [0.29, 0.717) is 19.3 Å². The summed E-state index contributed by atoms with van der Waals surface area (Å²) in [5.41, 5.74) is 0. The second-order valence-electron chi connectivity index (χ2n) is 19.2. The van der Waals surface area contributed by atoms with Gasteiger partial charge in [0.1, 0.15) is 13.2 Å². The van der Waals surface area contributed by atoms with Crippen molar-refractivity contribution in [3.05, 3.63) is 85.1 Å². The van der Waals surface area contributed by atoms with Crippen LogP contribution in [0.3, 0.4) is 0 Å². The number of hydrogen-bond donors (Lipinski definition) is 0. The molecule has 0 heterocycles. The van der Waals surface area contributed by atoms with Gasteiger partial charge >= 0.3 is 17.9 Å². The summed E-state index contributed by atoms with van der Waals surface area (Å²) in [6.07, 6.45) is 74.2. The molecule has 0 saturated carbocycles. The summed E-state index contributed by atoms with van der Waals surface area (Å²) < 4.78 is 16.9. The Morgan fingerprint density at radius 1 is 0.304 bits per heavy atom. The van der Waals surface area contributed by atoms with Gasteiger partial charge in [0.25, 0.3) is 0 Å². The van der Waals surface area contributed by atoms with Crippen molar-refractivity contribution in [1.29, 1.82) is 0 Å². The van der Waals surface area contributed by atoms with E-state index < -0.39 is 6.10 Å². The molecule has 0 fully saturated rings. The maximum atomic E-state index is 12.9.